The average Bonchev–Trinajstić information content (AvgIpc) is 3.05. The molecule has 0 fully saturated rings. The van der Waals surface area contributed by atoms with Crippen molar-refractivity contribution in [3.63, 3.8) is 0 Å². The first-order valence-corrected chi connectivity index (χ1v) is 10.1. The first kappa shape index (κ1) is 21.9. The van der Waals surface area contributed by atoms with Crippen LogP contribution in [0.2, 0.25) is 0 Å². The van der Waals surface area contributed by atoms with Crippen LogP contribution in [0.15, 0.2) is 35.2 Å². The lowest BCUT2D eigenvalue weighted by Crippen LogP contribution is -2.36. The van der Waals surface area contributed by atoms with Gasteiger partial charge in [0.05, 0.1) is 17.2 Å². The highest BCUT2D eigenvalue weighted by Crippen LogP contribution is 2.14. The van der Waals surface area contributed by atoms with Gasteiger partial charge in [0.15, 0.2) is 0 Å². The number of carbonyl (C=O) groups excluding carboxylic acids is 1. The molecule has 0 aliphatic heterocycles. The van der Waals surface area contributed by atoms with E-state index in [-0.39, 0.29) is 18.3 Å². The third kappa shape index (κ3) is 7.75. The van der Waals surface area contributed by atoms with Gasteiger partial charge < -0.3 is 11.1 Å². The Kier molecular flexibility index (Phi) is 10.1. The predicted molar refractivity (Wildman–Crippen MR) is 111 cm³/mol. The molecule has 138 valence electrons. The van der Waals surface area contributed by atoms with Crippen LogP contribution in [0.1, 0.15) is 17.7 Å². The molecular weight excluding hydrogens is 376 g/mol. The quantitative estimate of drug-likeness (QED) is 0.676. The van der Waals surface area contributed by atoms with Crippen molar-refractivity contribution >= 4 is 47.1 Å². The van der Waals surface area contributed by atoms with E-state index in [4.69, 9.17) is 5.73 Å². The summed E-state index contributed by atoms with van der Waals surface area (Å²) >= 11 is 3.30. The monoisotopic (exact) mass is 400 g/mol. The summed E-state index contributed by atoms with van der Waals surface area (Å²) in [5, 5.41) is 4.97. The van der Waals surface area contributed by atoms with Crippen LogP contribution < -0.4 is 11.1 Å². The third-order valence-electron chi connectivity index (χ3n) is 3.53. The second-order valence-corrected chi connectivity index (χ2v) is 7.43. The minimum atomic E-state index is -0.464. The number of amides is 1. The Labute approximate surface area is 163 Å². The molecule has 1 aromatic carbocycles. The largest absolute Gasteiger partial charge is 0.325 e. The number of thioether (sulfide) groups is 1. The summed E-state index contributed by atoms with van der Waals surface area (Å²) < 4.78 is 0. The molecule has 0 aliphatic rings. The number of rotatable bonds is 9. The molecule has 0 bridgehead atoms. The number of nitrogens with two attached hydrogens (primary N) is 1. The summed E-state index contributed by atoms with van der Waals surface area (Å²) in [7, 11) is 2.06. The van der Waals surface area contributed by atoms with Gasteiger partial charge in [-0.15, -0.1) is 23.7 Å². The molecule has 2 rings (SSSR count). The molecule has 5 nitrogen and oxygen atoms in total. The van der Waals surface area contributed by atoms with E-state index < -0.39 is 6.04 Å². The summed E-state index contributed by atoms with van der Waals surface area (Å²) in [6.45, 7) is 1.60. The van der Waals surface area contributed by atoms with Gasteiger partial charge in [-0.25, -0.2) is 4.98 Å². The van der Waals surface area contributed by atoms with Crippen LogP contribution >= 0.6 is 35.5 Å². The highest BCUT2D eigenvalue weighted by molar-refractivity contribution is 7.98. The van der Waals surface area contributed by atoms with E-state index in [0.29, 0.717) is 6.42 Å². The fourth-order valence-electron chi connectivity index (χ4n) is 2.32. The van der Waals surface area contributed by atoms with Gasteiger partial charge in [0.2, 0.25) is 5.91 Å². The van der Waals surface area contributed by atoms with Gasteiger partial charge in [0, 0.05) is 24.2 Å². The lowest BCUT2D eigenvalue weighted by molar-refractivity contribution is -0.117. The third-order valence-corrected chi connectivity index (χ3v) is 4.81. The van der Waals surface area contributed by atoms with Crippen molar-refractivity contribution in [1.29, 1.82) is 0 Å². The van der Waals surface area contributed by atoms with E-state index in [1.54, 1.807) is 23.1 Å². The Morgan fingerprint density at radius 2 is 2.24 bits per heavy atom. The fraction of sp³-hybridized carbons (Fsp3) is 0.412. The maximum atomic E-state index is 12.1. The minimum absolute atomic E-state index is 0. The molecule has 0 radical (unpaired) electrons. The Hall–Kier alpha value is -1.12. The summed E-state index contributed by atoms with van der Waals surface area (Å²) in [4.78, 5) is 18.6. The van der Waals surface area contributed by atoms with Crippen LogP contribution in [0.3, 0.4) is 0 Å². The number of anilines is 1. The number of nitrogens with zero attached hydrogens (tertiary/aromatic N) is 2. The SMILES string of the molecule is CSCC[C@H](N)C(=O)Nc1cccc(CN(C)Cc2cscn2)c1.Cl. The van der Waals surface area contributed by atoms with E-state index in [1.165, 1.54) is 0 Å². The molecule has 1 amide bonds. The standard InChI is InChI=1S/C17H24N4OS2.ClH/c1-21(10-15-11-24-12-19-15)9-13-4-3-5-14(8-13)20-17(22)16(18)6-7-23-2;/h3-5,8,11-12,16H,6-7,9-10,18H2,1-2H3,(H,20,22);1H/t16-;/m0./s1. The van der Waals surface area contributed by atoms with Gasteiger partial charge in [0.1, 0.15) is 0 Å². The molecular formula is C17H25ClN4OS2. The zero-order valence-electron chi connectivity index (χ0n) is 14.5. The molecule has 2 aromatic rings. The molecule has 1 heterocycles. The number of benzene rings is 1. The van der Waals surface area contributed by atoms with Crippen LogP contribution in [0.25, 0.3) is 0 Å². The average molecular weight is 401 g/mol. The number of nitrogens with one attached hydrogen (secondary N) is 1. The number of thiazole rings is 1. The van der Waals surface area contributed by atoms with Gasteiger partial charge in [-0.3, -0.25) is 9.69 Å². The van der Waals surface area contributed by atoms with Crippen LogP contribution in [0.4, 0.5) is 5.69 Å². The van der Waals surface area contributed by atoms with Crippen molar-refractivity contribution in [2.24, 2.45) is 5.73 Å². The summed E-state index contributed by atoms with van der Waals surface area (Å²) in [6, 6.07) is 7.43. The summed E-state index contributed by atoms with van der Waals surface area (Å²) in [5.74, 6) is 0.757. The van der Waals surface area contributed by atoms with Crippen molar-refractivity contribution in [2.75, 3.05) is 24.4 Å². The maximum Gasteiger partial charge on any atom is 0.241 e. The summed E-state index contributed by atoms with van der Waals surface area (Å²) in [6.07, 6.45) is 2.69. The second-order valence-electron chi connectivity index (χ2n) is 5.73. The highest BCUT2D eigenvalue weighted by Gasteiger charge is 2.13. The smallest absolute Gasteiger partial charge is 0.241 e. The van der Waals surface area contributed by atoms with E-state index in [1.807, 2.05) is 30.0 Å². The maximum absolute atomic E-state index is 12.1. The number of hydrogen-bond donors (Lipinski definition) is 2. The van der Waals surface area contributed by atoms with Crippen LogP contribution in [-0.4, -0.2) is 40.9 Å². The number of carbonyl (C=O) groups is 1. The van der Waals surface area contributed by atoms with E-state index in [2.05, 4.69) is 33.7 Å². The topological polar surface area (TPSA) is 71.2 Å². The van der Waals surface area contributed by atoms with Gasteiger partial charge in [0.25, 0.3) is 0 Å². The first-order valence-electron chi connectivity index (χ1n) is 7.78. The Morgan fingerprint density at radius 3 is 2.92 bits per heavy atom. The second kappa shape index (κ2) is 11.5. The lowest BCUT2D eigenvalue weighted by atomic mass is 10.1. The predicted octanol–water partition coefficient (Wildman–Crippen LogP) is 3.22. The normalized spacial score (nSPS) is 11.8. The van der Waals surface area contributed by atoms with E-state index >= 15 is 0 Å². The highest BCUT2D eigenvalue weighted by atomic mass is 35.5. The van der Waals surface area contributed by atoms with Crippen molar-refractivity contribution in [3.05, 3.63) is 46.4 Å². The lowest BCUT2D eigenvalue weighted by Gasteiger charge is -2.16. The van der Waals surface area contributed by atoms with E-state index in [9.17, 15) is 4.79 Å². The zero-order valence-corrected chi connectivity index (χ0v) is 16.9. The molecule has 25 heavy (non-hydrogen) atoms. The van der Waals surface area contributed by atoms with Crippen molar-refractivity contribution < 1.29 is 4.79 Å². The van der Waals surface area contributed by atoms with Gasteiger partial charge in [-0.2, -0.15) is 11.8 Å². The Morgan fingerprint density at radius 1 is 1.44 bits per heavy atom. The molecule has 0 saturated heterocycles. The van der Waals surface area contributed by atoms with E-state index in [0.717, 1.165) is 35.8 Å². The summed E-state index contributed by atoms with van der Waals surface area (Å²) in [5.41, 5.74) is 10.8. The zero-order chi connectivity index (χ0) is 17.4. The Bertz CT molecular complexity index is 639. The Balaban J connectivity index is 0.00000312. The van der Waals surface area contributed by atoms with Crippen LogP contribution in [-0.2, 0) is 17.9 Å². The van der Waals surface area contributed by atoms with Gasteiger partial charge >= 0.3 is 0 Å². The molecule has 8 heteroatoms. The minimum Gasteiger partial charge on any atom is -0.325 e. The van der Waals surface area contributed by atoms with Crippen LogP contribution in [0, 0.1) is 0 Å². The molecule has 0 saturated carbocycles. The molecule has 0 spiro atoms. The fourth-order valence-corrected chi connectivity index (χ4v) is 3.36. The van der Waals surface area contributed by atoms with Crippen LogP contribution in [0.5, 0.6) is 0 Å². The molecule has 1 aromatic heterocycles. The van der Waals surface area contributed by atoms with Gasteiger partial charge in [-0.05, 0) is 43.2 Å². The number of hydrogen-bond acceptors (Lipinski definition) is 6. The van der Waals surface area contributed by atoms with Crippen molar-refractivity contribution in [3.8, 4) is 0 Å². The van der Waals surface area contributed by atoms with Crippen molar-refractivity contribution in [1.82, 2.24) is 9.88 Å². The van der Waals surface area contributed by atoms with Crippen molar-refractivity contribution in [2.45, 2.75) is 25.6 Å². The number of aromatic nitrogens is 1. The molecule has 3 N–H and O–H groups in total. The molecule has 0 unspecified atom stereocenters. The number of halogens is 1. The first-order chi connectivity index (χ1) is 11.6. The molecule has 0 aliphatic carbocycles. The molecule has 1 atom stereocenters. The van der Waals surface area contributed by atoms with Gasteiger partial charge in [-0.1, -0.05) is 12.1 Å².